The smallest absolute Gasteiger partial charge is 0.264 e. The molecule has 0 radical (unpaired) electrons. The number of rotatable bonds is 0. The van der Waals surface area contributed by atoms with Crippen molar-refractivity contribution < 1.29 is 17.5 Å². The van der Waals surface area contributed by atoms with Gasteiger partial charge in [0.1, 0.15) is 0 Å². The van der Waals surface area contributed by atoms with Crippen molar-refractivity contribution in [2.24, 2.45) is 5.25 Å². The van der Waals surface area contributed by atoms with Gasteiger partial charge in [-0.25, -0.2) is 5.25 Å². The first kappa shape index (κ1) is 15.8. The lowest BCUT2D eigenvalue weighted by Crippen LogP contribution is -1.89. The first-order valence-electron chi connectivity index (χ1n) is 0.917. The van der Waals surface area contributed by atoms with E-state index in [0.29, 0.717) is 0 Å². The Labute approximate surface area is 55.5 Å². The summed E-state index contributed by atoms with van der Waals surface area (Å²) in [4.78, 5) is 0. The van der Waals surface area contributed by atoms with Crippen LogP contribution in [0.5, 0.6) is 0 Å². The monoisotopic (exact) mass is 183 g/mol. The van der Waals surface area contributed by atoms with Gasteiger partial charge in [-0.05, 0) is 11.8 Å². The summed E-state index contributed by atoms with van der Waals surface area (Å²) in [6.07, 6.45) is 0. The lowest BCUT2D eigenvalue weighted by atomic mass is 14.0. The largest absolute Gasteiger partial charge is 0.394 e. The molecule has 8 heteroatoms. The molecule has 0 heterocycles. The highest BCUT2D eigenvalue weighted by Crippen LogP contribution is 1.59. The fourth-order valence-corrected chi connectivity index (χ4v) is 0. The molecule has 5 nitrogen and oxygen atoms in total. The van der Waals surface area contributed by atoms with Crippen LogP contribution >= 0.6 is 21.7 Å². The molecule has 0 aromatic heterocycles. The molecule has 54 valence electrons. The molecular formula is H7ClNO4PS. The normalized spacial score (nSPS) is 8.00. The van der Waals surface area contributed by atoms with Gasteiger partial charge in [0, 0.05) is 0 Å². The molecule has 0 fully saturated rings. The van der Waals surface area contributed by atoms with Crippen molar-refractivity contribution in [3.05, 3.63) is 0 Å². The summed E-state index contributed by atoms with van der Waals surface area (Å²) in [5.41, 5.74) is 0. The molecule has 0 rings (SSSR count). The molecule has 0 aliphatic carbocycles. The average Bonchev–Trinajstić information content (AvgIpc) is 1.36. The van der Waals surface area contributed by atoms with Crippen LogP contribution in [0.4, 0.5) is 0 Å². The topological polar surface area (TPSA) is 101 Å². The molecule has 0 bridgehead atoms. The van der Waals surface area contributed by atoms with E-state index in [9.17, 15) is 0 Å². The maximum Gasteiger partial charge on any atom is 0.394 e. The van der Waals surface area contributed by atoms with E-state index in [1.165, 1.54) is 0 Å². The van der Waals surface area contributed by atoms with Gasteiger partial charge >= 0.3 is 10.4 Å². The van der Waals surface area contributed by atoms with Gasteiger partial charge in [0.25, 0.3) is 0 Å². The van der Waals surface area contributed by atoms with Gasteiger partial charge in [-0.15, -0.1) is 0 Å². The first-order chi connectivity index (χ1) is 3.00. The maximum absolute atomic E-state index is 8.74. The van der Waals surface area contributed by atoms with Crippen molar-refractivity contribution in [1.29, 1.82) is 0 Å². The minimum Gasteiger partial charge on any atom is -0.264 e. The van der Waals surface area contributed by atoms with Crippen LogP contribution < -0.4 is 5.25 Å². The molecule has 4 N–H and O–H groups in total. The number of halogens is 1. The van der Waals surface area contributed by atoms with Gasteiger partial charge in [-0.2, -0.15) is 18.3 Å². The van der Waals surface area contributed by atoms with E-state index < -0.39 is 10.4 Å². The highest BCUT2D eigenvalue weighted by molar-refractivity contribution is 7.79. The van der Waals surface area contributed by atoms with Gasteiger partial charge in [-0.3, -0.25) is 9.11 Å². The molecule has 0 aliphatic heterocycles. The third kappa shape index (κ3) is 667. The SMILES string of the molecule is NCl.O=S(=O)(O)O.P. The van der Waals surface area contributed by atoms with Gasteiger partial charge in [0.05, 0.1) is 0 Å². The summed E-state index contributed by atoms with van der Waals surface area (Å²) in [5, 5.41) is 3.97. The Morgan fingerprint density at radius 2 is 1.25 bits per heavy atom. The zero-order valence-corrected chi connectivity index (χ0v) is 6.77. The molecule has 8 heavy (non-hydrogen) atoms. The number of hydrogen-bond donors (Lipinski definition) is 3. The summed E-state index contributed by atoms with van der Waals surface area (Å²) in [6, 6.07) is 0. The molecule has 0 amide bonds. The van der Waals surface area contributed by atoms with Crippen LogP contribution in [0.15, 0.2) is 0 Å². The van der Waals surface area contributed by atoms with Gasteiger partial charge in [-0.1, -0.05) is 0 Å². The third-order valence-corrected chi connectivity index (χ3v) is 0. The van der Waals surface area contributed by atoms with Crippen LogP contribution in [-0.2, 0) is 10.4 Å². The quantitative estimate of drug-likeness (QED) is 0.267. The number of hydrogen-bond acceptors (Lipinski definition) is 3. The fraction of sp³-hybridized carbons (Fsp3) is 0. The van der Waals surface area contributed by atoms with E-state index in [-0.39, 0.29) is 9.90 Å². The Morgan fingerprint density at radius 1 is 1.25 bits per heavy atom. The van der Waals surface area contributed by atoms with Crippen LogP contribution in [0.25, 0.3) is 0 Å². The molecule has 0 aromatic rings. The highest BCUT2D eigenvalue weighted by atomic mass is 35.5. The summed E-state index contributed by atoms with van der Waals surface area (Å²) in [6.45, 7) is 0. The third-order valence-electron chi connectivity index (χ3n) is 0. The molecule has 0 aliphatic rings. The van der Waals surface area contributed by atoms with E-state index in [2.05, 4.69) is 17.0 Å². The lowest BCUT2D eigenvalue weighted by Gasteiger charge is -1.68. The highest BCUT2D eigenvalue weighted by Gasteiger charge is 1.84. The van der Waals surface area contributed by atoms with Crippen LogP contribution in [-0.4, -0.2) is 17.5 Å². The Bertz CT molecular complexity index is 99.2. The van der Waals surface area contributed by atoms with Crippen LogP contribution in [0.3, 0.4) is 0 Å². The number of nitrogens with two attached hydrogens (primary N) is 1. The molecule has 0 saturated carbocycles. The van der Waals surface area contributed by atoms with Crippen molar-refractivity contribution in [2.45, 2.75) is 0 Å². The van der Waals surface area contributed by atoms with E-state index in [0.717, 1.165) is 0 Å². The van der Waals surface area contributed by atoms with Crippen molar-refractivity contribution in [3.8, 4) is 0 Å². The van der Waals surface area contributed by atoms with Gasteiger partial charge < -0.3 is 0 Å². The fourth-order valence-electron chi connectivity index (χ4n) is 0. The van der Waals surface area contributed by atoms with Crippen molar-refractivity contribution in [3.63, 3.8) is 0 Å². The zero-order chi connectivity index (χ0) is 6.50. The second kappa shape index (κ2) is 7.55. The molecular weight excluding hydrogens is 176 g/mol. The van der Waals surface area contributed by atoms with Crippen LogP contribution in [0.1, 0.15) is 0 Å². The predicted octanol–water partition coefficient (Wildman–Crippen LogP) is -0.496. The summed E-state index contributed by atoms with van der Waals surface area (Å²) in [5.74, 6) is 0. The average molecular weight is 184 g/mol. The molecule has 0 aromatic carbocycles. The standard InChI is InChI=1S/ClH2N.H2O4S.H3P/c1-2;1-5(2,3)4;/h2H2;(H2,1,2,3,4);1H3. The zero-order valence-electron chi connectivity index (χ0n) is 3.78. The van der Waals surface area contributed by atoms with E-state index >= 15 is 0 Å². The lowest BCUT2D eigenvalue weighted by molar-refractivity contribution is 0.381. The Hall–Kier alpha value is 0.550. The van der Waals surface area contributed by atoms with E-state index in [1.807, 2.05) is 0 Å². The van der Waals surface area contributed by atoms with Crippen LogP contribution in [0, 0.1) is 0 Å². The predicted molar refractivity (Wildman–Crippen MR) is 35.3 cm³/mol. The summed E-state index contributed by atoms with van der Waals surface area (Å²) < 4.78 is 31.6. The molecule has 0 spiro atoms. The van der Waals surface area contributed by atoms with Crippen molar-refractivity contribution in [2.75, 3.05) is 0 Å². The molecule has 1 atom stereocenters. The Balaban J connectivity index is -0.0000000750. The van der Waals surface area contributed by atoms with Crippen molar-refractivity contribution >= 4 is 32.1 Å². The second-order valence-electron chi connectivity index (χ2n) is 0.448. The van der Waals surface area contributed by atoms with E-state index in [4.69, 9.17) is 17.5 Å². The molecule has 1 unspecified atom stereocenters. The first-order valence-corrected chi connectivity index (χ1v) is 2.75. The van der Waals surface area contributed by atoms with E-state index in [1.54, 1.807) is 0 Å². The van der Waals surface area contributed by atoms with Gasteiger partial charge in [0.15, 0.2) is 0 Å². The summed E-state index contributed by atoms with van der Waals surface area (Å²) in [7, 11) is -4.67. The van der Waals surface area contributed by atoms with Crippen LogP contribution in [0.2, 0.25) is 0 Å². The Kier molecular flexibility index (Phi) is 14.9. The minimum atomic E-state index is -4.67. The molecule has 0 saturated heterocycles. The summed E-state index contributed by atoms with van der Waals surface area (Å²) >= 11 is 4.14. The Morgan fingerprint density at radius 3 is 1.25 bits per heavy atom. The van der Waals surface area contributed by atoms with Crippen molar-refractivity contribution in [1.82, 2.24) is 0 Å². The second-order valence-corrected chi connectivity index (χ2v) is 1.34. The minimum absolute atomic E-state index is 0. The maximum atomic E-state index is 8.74. The van der Waals surface area contributed by atoms with Gasteiger partial charge in [0.2, 0.25) is 0 Å².